The van der Waals surface area contributed by atoms with Gasteiger partial charge in [-0.1, -0.05) is 42.5 Å². The van der Waals surface area contributed by atoms with E-state index in [1.54, 1.807) is 29.9 Å². The number of fused-ring (bicyclic) bond motifs is 1. The van der Waals surface area contributed by atoms with E-state index >= 15 is 0 Å². The number of hydrogen-bond acceptors (Lipinski definition) is 5. The van der Waals surface area contributed by atoms with Crippen LogP contribution in [-0.4, -0.2) is 34.0 Å². The molecule has 1 aliphatic heterocycles. The highest BCUT2D eigenvalue weighted by molar-refractivity contribution is 7.99. The van der Waals surface area contributed by atoms with Crippen LogP contribution in [0.2, 0.25) is 0 Å². The molecular weight excluding hydrogens is 374 g/mol. The summed E-state index contributed by atoms with van der Waals surface area (Å²) in [5.41, 5.74) is 2.22. The van der Waals surface area contributed by atoms with E-state index in [0.717, 1.165) is 21.9 Å². The third-order valence-electron chi connectivity index (χ3n) is 4.55. The SMILES string of the molecule is Cn1cc(C(=O)OCC(=O)N2c3ccccc3SC[C@H]2c2ccccc2)cn1. The molecule has 3 aromatic rings. The van der Waals surface area contributed by atoms with Crippen molar-refractivity contribution in [3.8, 4) is 0 Å². The molecule has 0 fully saturated rings. The lowest BCUT2D eigenvalue weighted by molar-refractivity contribution is -0.122. The second kappa shape index (κ2) is 7.90. The molecule has 1 atom stereocenters. The first-order valence-corrected chi connectivity index (χ1v) is 9.86. The fraction of sp³-hybridized carbons (Fsp3) is 0.190. The van der Waals surface area contributed by atoms with Crippen LogP contribution in [0.4, 0.5) is 5.69 Å². The Morgan fingerprint density at radius 3 is 2.64 bits per heavy atom. The van der Waals surface area contributed by atoms with Gasteiger partial charge in [0.2, 0.25) is 0 Å². The second-order valence-corrected chi connectivity index (χ2v) is 7.51. The summed E-state index contributed by atoms with van der Waals surface area (Å²) in [6.45, 7) is -0.323. The van der Waals surface area contributed by atoms with Crippen LogP contribution in [0.15, 0.2) is 71.9 Å². The van der Waals surface area contributed by atoms with Gasteiger partial charge in [0.15, 0.2) is 6.61 Å². The van der Waals surface area contributed by atoms with Gasteiger partial charge >= 0.3 is 5.97 Å². The number of thioether (sulfide) groups is 1. The van der Waals surface area contributed by atoms with Crippen LogP contribution < -0.4 is 4.90 Å². The maximum absolute atomic E-state index is 13.1. The molecule has 0 saturated carbocycles. The smallest absolute Gasteiger partial charge is 0.341 e. The maximum Gasteiger partial charge on any atom is 0.341 e. The molecule has 1 aliphatic rings. The van der Waals surface area contributed by atoms with Crippen molar-refractivity contribution in [2.75, 3.05) is 17.3 Å². The van der Waals surface area contributed by atoms with Gasteiger partial charge in [-0.2, -0.15) is 5.10 Å². The van der Waals surface area contributed by atoms with E-state index in [2.05, 4.69) is 5.10 Å². The van der Waals surface area contributed by atoms with Crippen LogP contribution in [0.25, 0.3) is 0 Å². The summed E-state index contributed by atoms with van der Waals surface area (Å²) in [7, 11) is 1.72. The molecule has 142 valence electrons. The largest absolute Gasteiger partial charge is 0.452 e. The number of carbonyl (C=O) groups excluding carboxylic acids is 2. The highest BCUT2D eigenvalue weighted by Gasteiger charge is 2.33. The molecule has 0 aliphatic carbocycles. The first kappa shape index (κ1) is 18.3. The zero-order chi connectivity index (χ0) is 19.5. The van der Waals surface area contributed by atoms with Crippen molar-refractivity contribution in [3.63, 3.8) is 0 Å². The topological polar surface area (TPSA) is 64.4 Å². The normalized spacial score (nSPS) is 15.8. The minimum absolute atomic E-state index is 0.120. The number of carbonyl (C=O) groups is 2. The summed E-state index contributed by atoms with van der Waals surface area (Å²) in [5, 5.41) is 3.95. The first-order valence-electron chi connectivity index (χ1n) is 8.88. The fourth-order valence-electron chi connectivity index (χ4n) is 3.22. The summed E-state index contributed by atoms with van der Waals surface area (Å²) >= 11 is 1.72. The quantitative estimate of drug-likeness (QED) is 0.635. The van der Waals surface area contributed by atoms with Gasteiger partial charge in [-0.15, -0.1) is 11.8 Å². The van der Waals surface area contributed by atoms with Crippen LogP contribution in [0.1, 0.15) is 22.0 Å². The third-order valence-corrected chi connectivity index (χ3v) is 5.69. The van der Waals surface area contributed by atoms with E-state index in [1.165, 1.54) is 10.9 Å². The van der Waals surface area contributed by atoms with Gasteiger partial charge in [-0.05, 0) is 17.7 Å². The first-order chi connectivity index (χ1) is 13.6. The van der Waals surface area contributed by atoms with Crippen LogP contribution in [-0.2, 0) is 16.6 Å². The van der Waals surface area contributed by atoms with Gasteiger partial charge in [-0.25, -0.2) is 4.79 Å². The lowest BCUT2D eigenvalue weighted by Gasteiger charge is -2.37. The van der Waals surface area contributed by atoms with Gasteiger partial charge < -0.3 is 4.74 Å². The number of benzene rings is 2. The number of hydrogen-bond donors (Lipinski definition) is 0. The van der Waals surface area contributed by atoms with Crippen LogP contribution in [0, 0.1) is 0 Å². The molecule has 1 amide bonds. The van der Waals surface area contributed by atoms with Gasteiger partial charge in [0.1, 0.15) is 0 Å². The number of amides is 1. The molecule has 28 heavy (non-hydrogen) atoms. The zero-order valence-corrected chi connectivity index (χ0v) is 16.1. The Balaban J connectivity index is 1.58. The highest BCUT2D eigenvalue weighted by atomic mass is 32.2. The molecule has 0 N–H and O–H groups in total. The van der Waals surface area contributed by atoms with Gasteiger partial charge in [0, 0.05) is 23.9 Å². The average molecular weight is 393 g/mol. The number of nitrogens with zero attached hydrogens (tertiary/aromatic N) is 3. The molecule has 0 unspecified atom stereocenters. The molecule has 7 heteroatoms. The monoisotopic (exact) mass is 393 g/mol. The summed E-state index contributed by atoms with van der Waals surface area (Å²) in [4.78, 5) is 28.1. The second-order valence-electron chi connectivity index (χ2n) is 6.45. The number of ether oxygens (including phenoxy) is 1. The predicted molar refractivity (Wildman–Crippen MR) is 107 cm³/mol. The summed E-state index contributed by atoms with van der Waals surface area (Å²) in [5.74, 6) is -0.0696. The Morgan fingerprint density at radius 2 is 1.89 bits per heavy atom. The van der Waals surface area contributed by atoms with Crippen molar-refractivity contribution in [2.45, 2.75) is 10.9 Å². The molecule has 0 bridgehead atoms. The Labute approximate surface area is 167 Å². The zero-order valence-electron chi connectivity index (χ0n) is 15.3. The van der Waals surface area contributed by atoms with Crippen LogP contribution in [0.5, 0.6) is 0 Å². The van der Waals surface area contributed by atoms with Crippen molar-refractivity contribution >= 4 is 29.3 Å². The van der Waals surface area contributed by atoms with E-state index in [1.807, 2.05) is 54.6 Å². The van der Waals surface area contributed by atoms with Crippen LogP contribution >= 0.6 is 11.8 Å². The Bertz CT molecular complexity index is 1000. The Kier molecular flexibility index (Phi) is 5.16. The summed E-state index contributed by atoms with van der Waals surface area (Å²) < 4.78 is 6.78. The average Bonchev–Trinajstić information content (AvgIpc) is 3.18. The van der Waals surface area contributed by atoms with Crippen LogP contribution in [0.3, 0.4) is 0 Å². The van der Waals surface area contributed by atoms with E-state index < -0.39 is 5.97 Å². The van der Waals surface area contributed by atoms with Crippen molar-refractivity contribution < 1.29 is 14.3 Å². The number of anilines is 1. The van der Waals surface area contributed by atoms with Crippen molar-refractivity contribution in [1.29, 1.82) is 0 Å². The van der Waals surface area contributed by atoms with E-state index in [4.69, 9.17) is 4.74 Å². The van der Waals surface area contributed by atoms with Crippen molar-refractivity contribution in [3.05, 3.63) is 78.1 Å². The Hall–Kier alpha value is -3.06. The molecule has 1 aromatic heterocycles. The number of para-hydroxylation sites is 1. The third kappa shape index (κ3) is 3.66. The van der Waals surface area contributed by atoms with Gasteiger partial charge in [-0.3, -0.25) is 14.4 Å². The molecule has 4 rings (SSSR count). The minimum Gasteiger partial charge on any atom is -0.452 e. The van der Waals surface area contributed by atoms with Crippen molar-refractivity contribution in [1.82, 2.24) is 9.78 Å². The van der Waals surface area contributed by atoms with Crippen molar-refractivity contribution in [2.24, 2.45) is 7.05 Å². The standard InChI is InChI=1S/C21H19N3O3S/c1-23-12-16(11-22-23)21(26)27-13-20(25)24-17-9-5-6-10-19(17)28-14-18(24)15-7-3-2-4-8-15/h2-12,18H,13-14H2,1H3/t18-/m0/s1. The maximum atomic E-state index is 13.1. The molecular formula is C21H19N3O3S. The number of rotatable bonds is 4. The Morgan fingerprint density at radius 1 is 1.14 bits per heavy atom. The van der Waals surface area contributed by atoms with Gasteiger partial charge in [0.05, 0.1) is 23.5 Å². The fourth-order valence-corrected chi connectivity index (χ4v) is 4.39. The van der Waals surface area contributed by atoms with E-state index in [0.29, 0.717) is 5.56 Å². The molecule has 0 radical (unpaired) electrons. The molecule has 2 heterocycles. The summed E-state index contributed by atoms with van der Waals surface area (Å²) in [6.07, 6.45) is 2.98. The lowest BCUT2D eigenvalue weighted by Crippen LogP contribution is -2.41. The summed E-state index contributed by atoms with van der Waals surface area (Å²) in [6, 6.07) is 17.6. The number of esters is 1. The predicted octanol–water partition coefficient (Wildman–Crippen LogP) is 3.46. The number of aromatic nitrogens is 2. The molecule has 2 aromatic carbocycles. The van der Waals surface area contributed by atoms with Gasteiger partial charge in [0.25, 0.3) is 5.91 Å². The lowest BCUT2D eigenvalue weighted by atomic mass is 10.1. The minimum atomic E-state index is -0.558. The van der Waals surface area contributed by atoms with E-state index in [-0.39, 0.29) is 18.6 Å². The molecule has 6 nitrogen and oxygen atoms in total. The highest BCUT2D eigenvalue weighted by Crippen LogP contribution is 2.43. The molecule has 0 spiro atoms. The molecule has 0 saturated heterocycles. The van der Waals surface area contributed by atoms with E-state index in [9.17, 15) is 9.59 Å². The number of aryl methyl sites for hydroxylation is 1.